The van der Waals surface area contributed by atoms with Crippen molar-refractivity contribution in [2.24, 2.45) is 0 Å². The number of unbranched alkanes of at least 4 members (excludes halogenated alkanes) is 1. The van der Waals surface area contributed by atoms with Gasteiger partial charge in [-0.25, -0.2) is 0 Å². The fraction of sp³-hybridized carbons (Fsp3) is 0.200. The van der Waals surface area contributed by atoms with E-state index in [1.54, 1.807) is 0 Å². The van der Waals surface area contributed by atoms with E-state index in [0.29, 0.717) is 0 Å². The van der Waals surface area contributed by atoms with Crippen molar-refractivity contribution in [1.29, 1.82) is 0 Å². The smallest absolute Gasteiger partial charge is 0.333 e. The summed E-state index contributed by atoms with van der Waals surface area (Å²) in [6.45, 7) is 16.4. The molecule has 0 N–H and O–H groups in total. The molecule has 0 saturated heterocycles. The van der Waals surface area contributed by atoms with E-state index in [1.165, 1.54) is 134 Å². The number of para-hydroxylation sites is 2. The van der Waals surface area contributed by atoms with E-state index in [4.69, 9.17) is 4.42 Å². The quantitative estimate of drug-likeness (QED) is 0.141. The molecule has 0 radical (unpaired) electrons. The number of anilines is 5. The monoisotopic (exact) mass is 1020 g/mol. The summed E-state index contributed by atoms with van der Waals surface area (Å²) in [4.78, 5) is 5.46. The number of hydrogen-bond acceptors (Lipinski definition) is 3. The molecule has 1 aromatic heterocycles. The van der Waals surface area contributed by atoms with Gasteiger partial charge in [-0.15, -0.1) is 0 Å². The Hall–Kier alpha value is -8.34. The van der Waals surface area contributed by atoms with Crippen molar-refractivity contribution < 1.29 is 4.42 Å². The van der Waals surface area contributed by atoms with E-state index in [2.05, 4.69) is 264 Å². The third-order valence-corrected chi connectivity index (χ3v) is 19.0. The van der Waals surface area contributed by atoms with E-state index >= 15 is 0 Å². The number of rotatable bonds is 8. The summed E-state index contributed by atoms with van der Waals surface area (Å²) in [5.74, 6) is 0. The number of aryl methyl sites for hydroxylation is 3. The van der Waals surface area contributed by atoms with Gasteiger partial charge in [0.1, 0.15) is 11.2 Å². The van der Waals surface area contributed by atoms with Gasteiger partial charge >= 0.3 is 6.85 Å². The molecule has 11 aromatic rings. The zero-order chi connectivity index (χ0) is 53.5. The van der Waals surface area contributed by atoms with E-state index in [0.717, 1.165) is 43.3 Å². The molecule has 3 aliphatic heterocycles. The van der Waals surface area contributed by atoms with Crippen molar-refractivity contribution in [3.05, 3.63) is 256 Å². The second-order valence-electron chi connectivity index (χ2n) is 24.5. The van der Waals surface area contributed by atoms with Crippen molar-refractivity contribution in [1.82, 2.24) is 0 Å². The Morgan fingerprint density at radius 3 is 1.85 bits per heavy atom. The number of fused-ring (bicyclic) bond motifs is 11. The summed E-state index contributed by atoms with van der Waals surface area (Å²) in [5, 5.41) is 2.35. The maximum atomic E-state index is 7.31. The van der Waals surface area contributed by atoms with Crippen molar-refractivity contribution >= 4 is 68.1 Å². The van der Waals surface area contributed by atoms with Gasteiger partial charge in [0.05, 0.1) is 22.2 Å². The van der Waals surface area contributed by atoms with Crippen LogP contribution in [-0.2, 0) is 22.7 Å². The van der Waals surface area contributed by atoms with Crippen molar-refractivity contribution in [2.45, 2.75) is 96.8 Å². The molecule has 15 rings (SSSR count). The molecule has 0 amide bonds. The molecule has 10 aromatic carbocycles. The van der Waals surface area contributed by atoms with Crippen molar-refractivity contribution in [2.75, 3.05) is 9.71 Å². The molecule has 0 fully saturated rings. The van der Waals surface area contributed by atoms with E-state index < -0.39 is 5.41 Å². The van der Waals surface area contributed by atoms with Crippen LogP contribution in [0.4, 0.5) is 28.4 Å². The van der Waals surface area contributed by atoms with Crippen LogP contribution in [0.2, 0.25) is 0 Å². The lowest BCUT2D eigenvalue weighted by Gasteiger charge is -2.53. The summed E-state index contributed by atoms with van der Waals surface area (Å²) in [5.41, 5.74) is 29.1. The highest BCUT2D eigenvalue weighted by molar-refractivity contribution is 6.94. The number of benzene rings is 10. The average Bonchev–Trinajstić information content (AvgIpc) is 2.68. The van der Waals surface area contributed by atoms with Crippen molar-refractivity contribution in [3.8, 4) is 33.4 Å². The third-order valence-electron chi connectivity index (χ3n) is 19.0. The number of hydrogen-bond donors (Lipinski definition) is 0. The highest BCUT2D eigenvalue weighted by Crippen LogP contribution is 2.61. The van der Waals surface area contributed by atoms with Crippen LogP contribution in [0.1, 0.15) is 110 Å². The Labute approximate surface area is 466 Å². The normalized spacial score (nSPS) is 15.8. The molecule has 4 heterocycles. The minimum absolute atomic E-state index is 0.00122. The number of nitrogens with zero attached hydrogens (tertiary/aromatic N) is 2. The second kappa shape index (κ2) is 17.6. The molecule has 0 unspecified atom stereocenters. The minimum Gasteiger partial charge on any atom is -0.456 e. The van der Waals surface area contributed by atoms with Crippen LogP contribution >= 0.6 is 0 Å². The predicted molar refractivity (Wildman–Crippen MR) is 334 cm³/mol. The maximum absolute atomic E-state index is 7.31. The van der Waals surface area contributed by atoms with Gasteiger partial charge in [0.25, 0.3) is 0 Å². The molecule has 384 valence electrons. The van der Waals surface area contributed by atoms with Gasteiger partial charge in [0.15, 0.2) is 0 Å². The van der Waals surface area contributed by atoms with Gasteiger partial charge < -0.3 is 14.1 Å². The molecular weight excluding hydrogens is 956 g/mol. The molecule has 0 atom stereocenters. The van der Waals surface area contributed by atoms with Crippen molar-refractivity contribution in [3.63, 3.8) is 0 Å². The van der Waals surface area contributed by atoms with Crippen LogP contribution in [0, 0.1) is 13.8 Å². The van der Waals surface area contributed by atoms with Crippen LogP contribution in [0.25, 0.3) is 55.3 Å². The lowest BCUT2D eigenvalue weighted by Crippen LogP contribution is -2.63. The van der Waals surface area contributed by atoms with Gasteiger partial charge in [-0.3, -0.25) is 0 Å². The highest BCUT2D eigenvalue weighted by Gasteiger charge is 2.54. The Morgan fingerprint density at radius 1 is 0.494 bits per heavy atom. The zero-order valence-electron chi connectivity index (χ0n) is 46.5. The largest absolute Gasteiger partial charge is 0.456 e. The summed E-state index contributed by atoms with van der Waals surface area (Å²) in [6, 6.07) is 79.2. The van der Waals surface area contributed by atoms with Gasteiger partial charge in [0.2, 0.25) is 0 Å². The van der Waals surface area contributed by atoms with Crippen LogP contribution < -0.4 is 20.6 Å². The van der Waals surface area contributed by atoms with Crippen LogP contribution in [0.15, 0.2) is 211 Å². The SMILES string of the molecule is CCCCc1ccc(N2c3cc(-c4c(C)cccc4C)cc4c3B(c3ccc5oc6cc7c(cc6c5c32)C(C)(C)CCC7(C)C)N2c3ccccc3C(c3ccccc3)(c3ccccc3)c3cccc-4c32)c(-c2ccccc2)c1. The van der Waals surface area contributed by atoms with Crippen LogP contribution in [0.5, 0.6) is 0 Å². The Kier molecular flexibility index (Phi) is 10.7. The molecule has 79 heavy (non-hydrogen) atoms. The Morgan fingerprint density at radius 2 is 1.14 bits per heavy atom. The standard InChI is InChI=1S/C75H65BN2O/c1-8-9-25-49-36-38-63(55(42-49)50-26-13-10-14-27-50)77-65-44-51(68-47(2)23-21-24-48(68)3)43-56-54-32-22-34-59-71(54)78(64-35-20-19-33-58(64)75(59,52-28-15-11-16-29-52)53-30-17-12-18-31-53)76(70(56)65)62-37-39-66-69(72(62)77)57-45-60-61(46-67(57)79-66)74(6,7)41-40-73(60,4)5/h10-24,26-39,42-46H,8-9,25,40-41H2,1-7H3. The fourth-order valence-electron chi connectivity index (χ4n) is 15.1. The first-order valence-electron chi connectivity index (χ1n) is 28.9. The molecule has 3 nitrogen and oxygen atoms in total. The minimum atomic E-state index is -0.621. The third kappa shape index (κ3) is 6.86. The number of furan rings is 1. The topological polar surface area (TPSA) is 19.6 Å². The molecular formula is C75H65BN2O. The highest BCUT2D eigenvalue weighted by atomic mass is 16.3. The Balaban J connectivity index is 1.14. The molecule has 0 spiro atoms. The summed E-state index contributed by atoms with van der Waals surface area (Å²) < 4.78 is 7.31. The first-order chi connectivity index (χ1) is 38.5. The maximum Gasteiger partial charge on any atom is 0.333 e. The molecule has 0 saturated carbocycles. The lowest BCUT2D eigenvalue weighted by molar-refractivity contribution is 0.332. The molecule has 4 heteroatoms. The molecule has 1 aliphatic carbocycles. The Bertz CT molecular complexity index is 4220. The van der Waals surface area contributed by atoms with E-state index in [9.17, 15) is 0 Å². The summed E-state index contributed by atoms with van der Waals surface area (Å²) in [6.07, 6.45) is 5.58. The lowest BCUT2D eigenvalue weighted by atomic mass is 9.42. The molecule has 4 aliphatic rings. The fourth-order valence-corrected chi connectivity index (χ4v) is 15.1. The van der Waals surface area contributed by atoms with Gasteiger partial charge in [-0.2, -0.15) is 0 Å². The first-order valence-corrected chi connectivity index (χ1v) is 28.9. The second-order valence-corrected chi connectivity index (χ2v) is 24.5. The summed E-state index contributed by atoms with van der Waals surface area (Å²) >= 11 is 0. The van der Waals surface area contributed by atoms with Crippen LogP contribution in [-0.4, -0.2) is 6.85 Å². The zero-order valence-corrected chi connectivity index (χ0v) is 46.5. The molecule has 0 bridgehead atoms. The average molecular weight is 1020 g/mol. The first kappa shape index (κ1) is 47.8. The van der Waals surface area contributed by atoms with E-state index in [-0.39, 0.29) is 17.7 Å². The van der Waals surface area contributed by atoms with Gasteiger partial charge in [-0.05, 0) is 182 Å². The summed E-state index contributed by atoms with van der Waals surface area (Å²) in [7, 11) is 0. The predicted octanol–water partition coefficient (Wildman–Crippen LogP) is 18.6. The van der Waals surface area contributed by atoms with E-state index in [1.807, 2.05) is 0 Å². The van der Waals surface area contributed by atoms with Gasteiger partial charge in [0, 0.05) is 33.6 Å². The van der Waals surface area contributed by atoms with Crippen LogP contribution in [0.3, 0.4) is 0 Å². The van der Waals surface area contributed by atoms with Gasteiger partial charge in [-0.1, -0.05) is 199 Å².